The topological polar surface area (TPSA) is 28.2 Å². The summed E-state index contributed by atoms with van der Waals surface area (Å²) in [6.45, 7) is 4.23. The van der Waals surface area contributed by atoms with E-state index in [1.165, 1.54) is 6.42 Å². The van der Waals surface area contributed by atoms with Crippen LogP contribution < -0.4 is 5.32 Å². The standard InChI is InChI=1S/C12H21N3/c1-11(13-2)7-9-15(3)10-12-6-4-5-8-14-12/h4-6,8,11,13H,7,9-10H2,1-3H3. The van der Waals surface area contributed by atoms with E-state index in [1.54, 1.807) is 0 Å². The zero-order valence-electron chi connectivity index (χ0n) is 9.90. The molecule has 0 fully saturated rings. The summed E-state index contributed by atoms with van der Waals surface area (Å²) >= 11 is 0. The molecule has 0 aliphatic rings. The van der Waals surface area contributed by atoms with Crippen molar-refractivity contribution in [3.05, 3.63) is 30.1 Å². The van der Waals surface area contributed by atoms with Crippen LogP contribution in [0.5, 0.6) is 0 Å². The van der Waals surface area contributed by atoms with Gasteiger partial charge in [0.15, 0.2) is 0 Å². The highest BCUT2D eigenvalue weighted by atomic mass is 15.1. The number of aromatic nitrogens is 1. The monoisotopic (exact) mass is 207 g/mol. The Morgan fingerprint density at radius 2 is 2.27 bits per heavy atom. The number of hydrogen-bond acceptors (Lipinski definition) is 3. The Morgan fingerprint density at radius 1 is 1.47 bits per heavy atom. The van der Waals surface area contributed by atoms with E-state index >= 15 is 0 Å². The van der Waals surface area contributed by atoms with Gasteiger partial charge in [0.25, 0.3) is 0 Å². The molecule has 0 spiro atoms. The molecule has 1 N–H and O–H groups in total. The molecule has 1 aromatic rings. The van der Waals surface area contributed by atoms with Gasteiger partial charge < -0.3 is 10.2 Å². The van der Waals surface area contributed by atoms with E-state index in [0.29, 0.717) is 6.04 Å². The van der Waals surface area contributed by atoms with Crippen molar-refractivity contribution in [3.63, 3.8) is 0 Å². The van der Waals surface area contributed by atoms with Crippen molar-refractivity contribution in [2.24, 2.45) is 0 Å². The number of pyridine rings is 1. The van der Waals surface area contributed by atoms with Crippen LogP contribution in [0.3, 0.4) is 0 Å². The molecular formula is C12H21N3. The van der Waals surface area contributed by atoms with Gasteiger partial charge in [-0.2, -0.15) is 0 Å². The van der Waals surface area contributed by atoms with Gasteiger partial charge in [-0.15, -0.1) is 0 Å². The van der Waals surface area contributed by atoms with Crippen molar-refractivity contribution >= 4 is 0 Å². The minimum absolute atomic E-state index is 0.580. The molecular weight excluding hydrogens is 186 g/mol. The Kier molecular flexibility index (Phi) is 5.29. The Morgan fingerprint density at radius 3 is 2.87 bits per heavy atom. The lowest BCUT2D eigenvalue weighted by molar-refractivity contribution is 0.303. The summed E-state index contributed by atoms with van der Waals surface area (Å²) in [5, 5.41) is 3.24. The molecule has 1 rings (SSSR count). The molecule has 15 heavy (non-hydrogen) atoms. The van der Waals surface area contributed by atoms with Crippen LogP contribution in [-0.2, 0) is 6.54 Å². The normalized spacial score (nSPS) is 13.1. The maximum Gasteiger partial charge on any atom is 0.0543 e. The summed E-state index contributed by atoms with van der Waals surface area (Å²) in [4.78, 5) is 6.61. The van der Waals surface area contributed by atoms with Crippen molar-refractivity contribution in [2.45, 2.75) is 25.9 Å². The van der Waals surface area contributed by atoms with Gasteiger partial charge in [-0.1, -0.05) is 6.07 Å². The summed E-state index contributed by atoms with van der Waals surface area (Å²) < 4.78 is 0. The molecule has 0 aliphatic carbocycles. The first-order valence-corrected chi connectivity index (χ1v) is 5.48. The zero-order chi connectivity index (χ0) is 11.1. The maximum atomic E-state index is 4.31. The molecule has 0 aromatic carbocycles. The molecule has 0 bridgehead atoms. The second kappa shape index (κ2) is 6.53. The van der Waals surface area contributed by atoms with Crippen molar-refractivity contribution in [2.75, 3.05) is 20.6 Å². The molecule has 3 nitrogen and oxygen atoms in total. The first kappa shape index (κ1) is 12.1. The molecule has 0 radical (unpaired) electrons. The lowest BCUT2D eigenvalue weighted by atomic mass is 10.2. The van der Waals surface area contributed by atoms with Crippen LogP contribution in [0.4, 0.5) is 0 Å². The third-order valence-corrected chi connectivity index (χ3v) is 2.59. The SMILES string of the molecule is CNC(C)CCN(C)Cc1ccccn1. The summed E-state index contributed by atoms with van der Waals surface area (Å²) in [6.07, 6.45) is 3.01. The first-order chi connectivity index (χ1) is 7.22. The van der Waals surface area contributed by atoms with Crippen LogP contribution in [0, 0.1) is 0 Å². The number of hydrogen-bond donors (Lipinski definition) is 1. The van der Waals surface area contributed by atoms with Crippen molar-refractivity contribution < 1.29 is 0 Å². The summed E-state index contributed by atoms with van der Waals surface area (Å²) in [5.74, 6) is 0. The number of nitrogens with zero attached hydrogens (tertiary/aromatic N) is 2. The van der Waals surface area contributed by atoms with Crippen LogP contribution in [0.15, 0.2) is 24.4 Å². The molecule has 0 amide bonds. The average molecular weight is 207 g/mol. The van der Waals surface area contributed by atoms with Gasteiger partial charge >= 0.3 is 0 Å². The second-order valence-corrected chi connectivity index (χ2v) is 4.04. The Balaban J connectivity index is 2.27. The largest absolute Gasteiger partial charge is 0.317 e. The van der Waals surface area contributed by atoms with Crippen molar-refractivity contribution in [3.8, 4) is 0 Å². The molecule has 3 heteroatoms. The number of nitrogens with one attached hydrogen (secondary N) is 1. The fourth-order valence-corrected chi connectivity index (χ4v) is 1.41. The van der Waals surface area contributed by atoms with Gasteiger partial charge in [-0.05, 0) is 46.1 Å². The van der Waals surface area contributed by atoms with E-state index in [-0.39, 0.29) is 0 Å². The lowest BCUT2D eigenvalue weighted by Crippen LogP contribution is -2.28. The minimum Gasteiger partial charge on any atom is -0.317 e. The third-order valence-electron chi connectivity index (χ3n) is 2.59. The summed E-state index contributed by atoms with van der Waals surface area (Å²) in [5.41, 5.74) is 1.14. The van der Waals surface area contributed by atoms with Crippen LogP contribution in [0.25, 0.3) is 0 Å². The molecule has 1 atom stereocenters. The lowest BCUT2D eigenvalue weighted by Gasteiger charge is -2.18. The highest BCUT2D eigenvalue weighted by molar-refractivity contribution is 5.02. The fraction of sp³-hybridized carbons (Fsp3) is 0.583. The van der Waals surface area contributed by atoms with Crippen LogP contribution in [0.1, 0.15) is 19.0 Å². The second-order valence-electron chi connectivity index (χ2n) is 4.04. The van der Waals surface area contributed by atoms with Crippen LogP contribution in [-0.4, -0.2) is 36.6 Å². The molecule has 1 heterocycles. The van der Waals surface area contributed by atoms with E-state index in [9.17, 15) is 0 Å². The summed E-state index contributed by atoms with van der Waals surface area (Å²) in [6, 6.07) is 6.63. The third kappa shape index (κ3) is 4.91. The fourth-order valence-electron chi connectivity index (χ4n) is 1.41. The van der Waals surface area contributed by atoms with Crippen molar-refractivity contribution in [1.82, 2.24) is 15.2 Å². The Bertz CT molecular complexity index is 261. The van der Waals surface area contributed by atoms with E-state index in [4.69, 9.17) is 0 Å². The molecule has 0 saturated carbocycles. The smallest absolute Gasteiger partial charge is 0.0543 e. The minimum atomic E-state index is 0.580. The zero-order valence-corrected chi connectivity index (χ0v) is 9.90. The highest BCUT2D eigenvalue weighted by Gasteiger charge is 2.03. The Hall–Kier alpha value is -0.930. The van der Waals surface area contributed by atoms with Gasteiger partial charge in [0.1, 0.15) is 0 Å². The maximum absolute atomic E-state index is 4.31. The first-order valence-electron chi connectivity index (χ1n) is 5.48. The van der Waals surface area contributed by atoms with Gasteiger partial charge in [-0.3, -0.25) is 4.98 Å². The quantitative estimate of drug-likeness (QED) is 0.766. The predicted octanol–water partition coefficient (Wildman–Crippen LogP) is 1.51. The van der Waals surface area contributed by atoms with E-state index in [0.717, 1.165) is 18.8 Å². The molecule has 1 aromatic heterocycles. The van der Waals surface area contributed by atoms with Crippen LogP contribution in [0.2, 0.25) is 0 Å². The van der Waals surface area contributed by atoms with Gasteiger partial charge in [0, 0.05) is 18.8 Å². The molecule has 0 aliphatic heterocycles. The highest BCUT2D eigenvalue weighted by Crippen LogP contribution is 2.00. The number of rotatable bonds is 6. The van der Waals surface area contributed by atoms with Gasteiger partial charge in [0.2, 0.25) is 0 Å². The van der Waals surface area contributed by atoms with Gasteiger partial charge in [0.05, 0.1) is 5.69 Å². The van der Waals surface area contributed by atoms with E-state index in [2.05, 4.69) is 35.2 Å². The van der Waals surface area contributed by atoms with E-state index in [1.807, 2.05) is 25.4 Å². The van der Waals surface area contributed by atoms with E-state index < -0.39 is 0 Å². The summed E-state index contributed by atoms with van der Waals surface area (Å²) in [7, 11) is 4.14. The molecule has 84 valence electrons. The predicted molar refractivity (Wildman–Crippen MR) is 63.7 cm³/mol. The van der Waals surface area contributed by atoms with Crippen LogP contribution >= 0.6 is 0 Å². The van der Waals surface area contributed by atoms with Crippen molar-refractivity contribution in [1.29, 1.82) is 0 Å². The molecule has 1 unspecified atom stereocenters. The Labute approximate surface area is 92.5 Å². The average Bonchev–Trinajstić information content (AvgIpc) is 2.27. The van der Waals surface area contributed by atoms with Gasteiger partial charge in [-0.25, -0.2) is 0 Å². The molecule has 0 saturated heterocycles.